The molecule has 0 saturated heterocycles. The second-order valence-corrected chi connectivity index (χ2v) is 9.62. The van der Waals surface area contributed by atoms with E-state index < -0.39 is 0 Å². The Labute approximate surface area is 195 Å². The third kappa shape index (κ3) is 4.38. The molecule has 2 nitrogen and oxygen atoms in total. The highest BCUT2D eigenvalue weighted by Crippen LogP contribution is 2.60. The molecule has 1 aliphatic rings. The summed E-state index contributed by atoms with van der Waals surface area (Å²) in [5.74, 6) is -0.267. The van der Waals surface area contributed by atoms with Crippen molar-refractivity contribution >= 4 is 22.6 Å². The average Bonchev–Trinajstić information content (AvgIpc) is 3.34. The standard InChI is InChI=1S/C29H29ClO2/c1-19-15-16-23(21-11-7-5-8-12-21)20(2)24(19)18-32-28(31)27-25(29(27,3)4)17-26(30)22-13-9-6-10-14-22/h5-17,25,27H,18H2,1-4H3/b26-17-. The topological polar surface area (TPSA) is 26.3 Å². The summed E-state index contributed by atoms with van der Waals surface area (Å²) in [4.78, 5) is 13.0. The van der Waals surface area contributed by atoms with Gasteiger partial charge in [0.15, 0.2) is 0 Å². The first-order valence-corrected chi connectivity index (χ1v) is 11.4. The second kappa shape index (κ2) is 8.96. The van der Waals surface area contributed by atoms with E-state index in [4.69, 9.17) is 16.3 Å². The SMILES string of the molecule is Cc1ccc(-c2ccccc2)c(C)c1COC(=O)C1C(/C=C(\Cl)c2ccccc2)C1(C)C. The number of aryl methyl sites for hydroxylation is 1. The van der Waals surface area contributed by atoms with Crippen molar-refractivity contribution in [2.75, 3.05) is 0 Å². The van der Waals surface area contributed by atoms with E-state index in [-0.39, 0.29) is 29.8 Å². The monoisotopic (exact) mass is 444 g/mol. The zero-order valence-corrected chi connectivity index (χ0v) is 19.8. The fourth-order valence-electron chi connectivity index (χ4n) is 4.57. The van der Waals surface area contributed by atoms with Gasteiger partial charge in [0.25, 0.3) is 0 Å². The van der Waals surface area contributed by atoms with Gasteiger partial charge in [0, 0.05) is 5.03 Å². The summed E-state index contributed by atoms with van der Waals surface area (Å²) in [6, 6.07) is 24.4. The van der Waals surface area contributed by atoms with Crippen LogP contribution in [-0.4, -0.2) is 5.97 Å². The number of halogens is 1. The Balaban J connectivity index is 1.48. The van der Waals surface area contributed by atoms with Crippen LogP contribution in [0, 0.1) is 31.1 Å². The Morgan fingerprint density at radius 1 is 0.969 bits per heavy atom. The molecule has 3 aromatic rings. The van der Waals surface area contributed by atoms with Crippen molar-refractivity contribution in [2.45, 2.75) is 34.3 Å². The fourth-order valence-corrected chi connectivity index (χ4v) is 4.83. The predicted molar refractivity (Wildman–Crippen MR) is 132 cm³/mol. The Bertz CT molecular complexity index is 1150. The molecular formula is C29H29ClO2. The molecule has 0 amide bonds. The first kappa shape index (κ1) is 22.4. The molecule has 1 fully saturated rings. The molecule has 0 N–H and O–H groups in total. The van der Waals surface area contributed by atoms with E-state index in [9.17, 15) is 4.79 Å². The third-order valence-electron chi connectivity index (χ3n) is 6.82. The molecular weight excluding hydrogens is 416 g/mol. The lowest BCUT2D eigenvalue weighted by atomic mass is 9.94. The minimum Gasteiger partial charge on any atom is -0.461 e. The highest BCUT2D eigenvalue weighted by molar-refractivity contribution is 6.48. The zero-order chi connectivity index (χ0) is 22.9. The molecule has 2 unspecified atom stereocenters. The molecule has 3 heteroatoms. The van der Waals surface area contributed by atoms with E-state index in [0.717, 1.165) is 22.3 Å². The van der Waals surface area contributed by atoms with Gasteiger partial charge in [-0.2, -0.15) is 0 Å². The van der Waals surface area contributed by atoms with Gasteiger partial charge in [0.05, 0.1) is 5.92 Å². The van der Waals surface area contributed by atoms with Gasteiger partial charge >= 0.3 is 5.97 Å². The summed E-state index contributed by atoms with van der Waals surface area (Å²) < 4.78 is 5.85. The summed E-state index contributed by atoms with van der Waals surface area (Å²) in [7, 11) is 0. The second-order valence-electron chi connectivity index (χ2n) is 9.21. The Morgan fingerprint density at radius 2 is 1.59 bits per heavy atom. The number of hydrogen-bond acceptors (Lipinski definition) is 2. The molecule has 0 aromatic heterocycles. The number of rotatable bonds is 6. The zero-order valence-electron chi connectivity index (χ0n) is 19.1. The molecule has 1 aliphatic carbocycles. The normalized spacial score (nSPS) is 19.5. The van der Waals surface area contributed by atoms with E-state index in [2.05, 4.69) is 52.0 Å². The largest absolute Gasteiger partial charge is 0.461 e. The highest BCUT2D eigenvalue weighted by Gasteiger charge is 2.61. The number of ether oxygens (including phenoxy) is 1. The first-order valence-electron chi connectivity index (χ1n) is 11.0. The molecule has 3 aromatic carbocycles. The van der Waals surface area contributed by atoms with Gasteiger partial charge < -0.3 is 4.74 Å². The number of carbonyl (C=O) groups excluding carboxylic acids is 1. The van der Waals surface area contributed by atoms with Crippen LogP contribution in [0.25, 0.3) is 16.2 Å². The van der Waals surface area contributed by atoms with E-state index in [0.29, 0.717) is 5.03 Å². The van der Waals surface area contributed by atoms with E-state index in [1.807, 2.05) is 54.6 Å². The average molecular weight is 445 g/mol. The van der Waals surface area contributed by atoms with Crippen LogP contribution in [0.15, 0.2) is 78.9 Å². The van der Waals surface area contributed by atoms with Gasteiger partial charge in [-0.15, -0.1) is 0 Å². The van der Waals surface area contributed by atoms with Gasteiger partial charge in [-0.25, -0.2) is 0 Å². The maximum atomic E-state index is 13.0. The maximum Gasteiger partial charge on any atom is 0.310 e. The molecule has 1 saturated carbocycles. The van der Waals surface area contributed by atoms with Gasteiger partial charge in [-0.05, 0) is 58.6 Å². The predicted octanol–water partition coefficient (Wildman–Crippen LogP) is 7.57. The molecule has 0 spiro atoms. The van der Waals surface area contributed by atoms with Gasteiger partial charge in [0.2, 0.25) is 0 Å². The Hall–Kier alpha value is -2.84. The number of carbonyl (C=O) groups is 1. The summed E-state index contributed by atoms with van der Waals surface area (Å²) in [6.45, 7) is 8.65. The molecule has 0 heterocycles. The lowest BCUT2D eigenvalue weighted by molar-refractivity contribution is -0.147. The van der Waals surface area contributed by atoms with Crippen LogP contribution < -0.4 is 0 Å². The molecule has 4 rings (SSSR count). The van der Waals surface area contributed by atoms with Crippen LogP contribution in [-0.2, 0) is 16.1 Å². The van der Waals surface area contributed by atoms with Crippen molar-refractivity contribution in [1.82, 2.24) is 0 Å². The highest BCUT2D eigenvalue weighted by atomic mass is 35.5. The van der Waals surface area contributed by atoms with Crippen molar-refractivity contribution in [2.24, 2.45) is 17.3 Å². The molecule has 0 bridgehead atoms. The summed E-state index contributed by atoms with van der Waals surface area (Å²) in [6.07, 6.45) is 2.01. The van der Waals surface area contributed by atoms with Gasteiger partial charge in [-0.1, -0.05) is 104 Å². The summed E-state index contributed by atoms with van der Waals surface area (Å²) in [5.41, 5.74) is 6.50. The molecule has 164 valence electrons. The van der Waals surface area contributed by atoms with Gasteiger partial charge in [-0.3, -0.25) is 4.79 Å². The van der Waals surface area contributed by atoms with Crippen molar-refractivity contribution < 1.29 is 9.53 Å². The van der Waals surface area contributed by atoms with E-state index in [1.54, 1.807) is 0 Å². The van der Waals surface area contributed by atoms with Crippen LogP contribution in [0.5, 0.6) is 0 Å². The minimum absolute atomic E-state index is 0.0700. The lowest BCUT2D eigenvalue weighted by Gasteiger charge is -2.15. The lowest BCUT2D eigenvalue weighted by Crippen LogP contribution is -2.12. The van der Waals surface area contributed by atoms with E-state index >= 15 is 0 Å². The van der Waals surface area contributed by atoms with Gasteiger partial charge in [0.1, 0.15) is 6.61 Å². The number of hydrogen-bond donors (Lipinski definition) is 0. The van der Waals surface area contributed by atoms with E-state index in [1.165, 1.54) is 11.1 Å². The van der Waals surface area contributed by atoms with Crippen LogP contribution in [0.3, 0.4) is 0 Å². The number of esters is 1. The summed E-state index contributed by atoms with van der Waals surface area (Å²) in [5, 5.41) is 0.682. The van der Waals surface area contributed by atoms with Crippen molar-refractivity contribution in [3.8, 4) is 11.1 Å². The van der Waals surface area contributed by atoms with Crippen LogP contribution >= 0.6 is 11.6 Å². The quantitative estimate of drug-likeness (QED) is 0.366. The minimum atomic E-state index is -0.183. The molecule has 0 aliphatic heterocycles. The molecule has 32 heavy (non-hydrogen) atoms. The molecule has 2 atom stereocenters. The third-order valence-corrected chi connectivity index (χ3v) is 7.16. The van der Waals surface area contributed by atoms with Crippen molar-refractivity contribution in [3.63, 3.8) is 0 Å². The van der Waals surface area contributed by atoms with Crippen LogP contribution in [0.2, 0.25) is 0 Å². The Morgan fingerprint density at radius 3 is 2.25 bits per heavy atom. The number of benzene rings is 3. The maximum absolute atomic E-state index is 13.0. The van der Waals surface area contributed by atoms with Crippen LogP contribution in [0.1, 0.15) is 36.1 Å². The number of allylic oxidation sites excluding steroid dienone is 1. The molecule has 0 radical (unpaired) electrons. The van der Waals surface area contributed by atoms with Crippen LogP contribution in [0.4, 0.5) is 0 Å². The Kier molecular flexibility index (Phi) is 6.26. The van der Waals surface area contributed by atoms with Crippen molar-refractivity contribution in [1.29, 1.82) is 0 Å². The van der Waals surface area contributed by atoms with Crippen molar-refractivity contribution in [3.05, 3.63) is 101 Å². The smallest absolute Gasteiger partial charge is 0.310 e. The first-order chi connectivity index (χ1) is 15.3. The fraction of sp³-hybridized carbons (Fsp3) is 0.276. The summed E-state index contributed by atoms with van der Waals surface area (Å²) >= 11 is 6.54.